The standard InChI is InChI=1S/C10H10N2O3/c1-6-5-12(10(14)11-9(6)13)8-4-3-7(2)15-8/h3-5H,1-2H3,(H,11,13,14). The fraction of sp³-hybridized carbons (Fsp3) is 0.200. The number of rotatable bonds is 1. The van der Waals surface area contributed by atoms with Crippen molar-refractivity contribution in [3.05, 3.63) is 50.5 Å². The van der Waals surface area contributed by atoms with Gasteiger partial charge in [-0.1, -0.05) is 0 Å². The summed E-state index contributed by atoms with van der Waals surface area (Å²) >= 11 is 0. The summed E-state index contributed by atoms with van der Waals surface area (Å²) in [6.45, 7) is 3.41. The Balaban J connectivity index is 2.68. The van der Waals surface area contributed by atoms with Crippen LogP contribution in [-0.2, 0) is 0 Å². The second-order valence-electron chi connectivity index (χ2n) is 3.33. The minimum absolute atomic E-state index is 0.375. The lowest BCUT2D eigenvalue weighted by atomic mass is 10.4. The Labute approximate surface area is 85.0 Å². The number of aromatic nitrogens is 2. The summed E-state index contributed by atoms with van der Waals surface area (Å²) in [5.74, 6) is 1.11. The molecule has 1 N–H and O–H groups in total. The first-order valence-corrected chi connectivity index (χ1v) is 4.47. The van der Waals surface area contributed by atoms with Crippen molar-refractivity contribution in [3.8, 4) is 5.88 Å². The van der Waals surface area contributed by atoms with E-state index in [4.69, 9.17) is 4.42 Å². The third-order valence-corrected chi connectivity index (χ3v) is 2.08. The average Bonchev–Trinajstić information content (AvgIpc) is 2.58. The van der Waals surface area contributed by atoms with E-state index in [0.29, 0.717) is 17.2 Å². The van der Waals surface area contributed by atoms with Gasteiger partial charge >= 0.3 is 5.69 Å². The van der Waals surface area contributed by atoms with Gasteiger partial charge in [0.1, 0.15) is 5.76 Å². The Hall–Kier alpha value is -2.04. The van der Waals surface area contributed by atoms with Crippen molar-refractivity contribution in [1.29, 1.82) is 0 Å². The monoisotopic (exact) mass is 206 g/mol. The lowest BCUT2D eigenvalue weighted by Crippen LogP contribution is -2.29. The minimum Gasteiger partial charge on any atom is -0.445 e. The van der Waals surface area contributed by atoms with Crippen molar-refractivity contribution in [2.75, 3.05) is 0 Å². The van der Waals surface area contributed by atoms with Crippen LogP contribution < -0.4 is 11.2 Å². The molecule has 0 unspecified atom stereocenters. The third kappa shape index (κ3) is 1.63. The molecule has 0 atom stereocenters. The summed E-state index contributed by atoms with van der Waals surface area (Å²) in [4.78, 5) is 24.8. The summed E-state index contributed by atoms with van der Waals surface area (Å²) in [5.41, 5.74) is -0.414. The molecule has 78 valence electrons. The molecule has 0 spiro atoms. The van der Waals surface area contributed by atoms with Crippen molar-refractivity contribution >= 4 is 0 Å². The van der Waals surface area contributed by atoms with Crippen LogP contribution >= 0.6 is 0 Å². The summed E-state index contributed by atoms with van der Waals surface area (Å²) in [6.07, 6.45) is 1.46. The fourth-order valence-corrected chi connectivity index (χ4v) is 1.28. The van der Waals surface area contributed by atoms with E-state index in [1.807, 2.05) is 0 Å². The molecular weight excluding hydrogens is 196 g/mol. The van der Waals surface area contributed by atoms with Crippen LogP contribution in [0.1, 0.15) is 11.3 Å². The first-order valence-electron chi connectivity index (χ1n) is 4.47. The molecule has 0 fully saturated rings. The molecule has 0 radical (unpaired) electrons. The largest absolute Gasteiger partial charge is 0.445 e. The molecule has 5 heteroatoms. The van der Waals surface area contributed by atoms with Gasteiger partial charge in [-0.25, -0.2) is 9.36 Å². The number of nitrogens with one attached hydrogen (secondary N) is 1. The summed E-state index contributed by atoms with van der Waals surface area (Å²) in [5, 5.41) is 0. The van der Waals surface area contributed by atoms with Gasteiger partial charge in [-0.05, 0) is 19.9 Å². The van der Waals surface area contributed by atoms with Crippen LogP contribution in [0.4, 0.5) is 0 Å². The first-order chi connectivity index (χ1) is 7.08. The van der Waals surface area contributed by atoms with E-state index < -0.39 is 5.69 Å². The Bertz CT molecular complexity index is 604. The highest BCUT2D eigenvalue weighted by Crippen LogP contribution is 2.09. The van der Waals surface area contributed by atoms with Crippen molar-refractivity contribution in [3.63, 3.8) is 0 Å². The van der Waals surface area contributed by atoms with E-state index in [1.165, 1.54) is 10.8 Å². The number of H-pyrrole nitrogens is 1. The minimum atomic E-state index is -0.500. The van der Waals surface area contributed by atoms with Gasteiger partial charge in [0.05, 0.1) is 0 Å². The van der Waals surface area contributed by atoms with Crippen LogP contribution in [0.2, 0.25) is 0 Å². The molecular formula is C10H10N2O3. The zero-order chi connectivity index (χ0) is 11.0. The van der Waals surface area contributed by atoms with Gasteiger partial charge < -0.3 is 4.42 Å². The molecule has 2 rings (SSSR count). The van der Waals surface area contributed by atoms with E-state index >= 15 is 0 Å². The normalized spacial score (nSPS) is 10.5. The van der Waals surface area contributed by atoms with E-state index in [0.717, 1.165) is 0 Å². The molecule has 2 aromatic heterocycles. The zero-order valence-electron chi connectivity index (χ0n) is 8.40. The van der Waals surface area contributed by atoms with Gasteiger partial charge in [0.25, 0.3) is 5.56 Å². The summed E-state index contributed by atoms with van der Waals surface area (Å²) in [6, 6.07) is 3.43. The number of nitrogens with zero attached hydrogens (tertiary/aromatic N) is 1. The topological polar surface area (TPSA) is 68.0 Å². The molecule has 0 aromatic carbocycles. The van der Waals surface area contributed by atoms with Crippen LogP contribution in [0.3, 0.4) is 0 Å². The van der Waals surface area contributed by atoms with Gasteiger partial charge in [0.15, 0.2) is 0 Å². The Kier molecular flexibility index (Phi) is 2.07. The van der Waals surface area contributed by atoms with Gasteiger partial charge in [0, 0.05) is 17.8 Å². The lowest BCUT2D eigenvalue weighted by Gasteiger charge is -2.00. The van der Waals surface area contributed by atoms with Crippen LogP contribution in [0.15, 0.2) is 32.3 Å². The van der Waals surface area contributed by atoms with Crippen molar-refractivity contribution < 1.29 is 4.42 Å². The quantitative estimate of drug-likeness (QED) is 0.748. The summed E-state index contributed by atoms with van der Waals surface area (Å²) in [7, 11) is 0. The molecule has 0 aliphatic rings. The van der Waals surface area contributed by atoms with E-state index in [9.17, 15) is 9.59 Å². The number of aryl methyl sites for hydroxylation is 2. The highest BCUT2D eigenvalue weighted by atomic mass is 16.4. The zero-order valence-corrected chi connectivity index (χ0v) is 8.40. The number of hydrogen-bond acceptors (Lipinski definition) is 3. The lowest BCUT2D eigenvalue weighted by molar-refractivity contribution is 0.503. The van der Waals surface area contributed by atoms with E-state index in [2.05, 4.69) is 4.98 Å². The Morgan fingerprint density at radius 3 is 2.60 bits per heavy atom. The molecule has 5 nitrogen and oxygen atoms in total. The van der Waals surface area contributed by atoms with Crippen molar-refractivity contribution in [2.45, 2.75) is 13.8 Å². The predicted octanol–water partition coefficient (Wildman–Crippen LogP) is 0.736. The molecule has 2 aromatic rings. The van der Waals surface area contributed by atoms with E-state index in [-0.39, 0.29) is 5.56 Å². The van der Waals surface area contributed by atoms with Gasteiger partial charge in [0.2, 0.25) is 5.88 Å². The highest BCUT2D eigenvalue weighted by Gasteiger charge is 2.05. The molecule has 0 saturated carbocycles. The van der Waals surface area contributed by atoms with Gasteiger partial charge in [-0.3, -0.25) is 9.78 Å². The first kappa shape index (κ1) is 9.51. The number of aromatic amines is 1. The number of hydrogen-bond donors (Lipinski definition) is 1. The number of furan rings is 1. The molecule has 15 heavy (non-hydrogen) atoms. The highest BCUT2D eigenvalue weighted by molar-refractivity contribution is 5.22. The maximum atomic E-state index is 11.4. The second kappa shape index (κ2) is 3.27. The SMILES string of the molecule is Cc1ccc(-n2cc(C)c(=O)[nH]c2=O)o1. The molecule has 2 heterocycles. The van der Waals surface area contributed by atoms with Crippen LogP contribution in [-0.4, -0.2) is 9.55 Å². The van der Waals surface area contributed by atoms with Gasteiger partial charge in [-0.15, -0.1) is 0 Å². The Morgan fingerprint density at radius 2 is 2.00 bits per heavy atom. The van der Waals surface area contributed by atoms with Gasteiger partial charge in [-0.2, -0.15) is 0 Å². The van der Waals surface area contributed by atoms with Crippen molar-refractivity contribution in [2.24, 2.45) is 0 Å². The average molecular weight is 206 g/mol. The Morgan fingerprint density at radius 1 is 1.27 bits per heavy atom. The van der Waals surface area contributed by atoms with Crippen LogP contribution in [0, 0.1) is 13.8 Å². The molecule has 0 aliphatic heterocycles. The van der Waals surface area contributed by atoms with E-state index in [1.54, 1.807) is 26.0 Å². The smallest absolute Gasteiger partial charge is 0.335 e. The van der Waals surface area contributed by atoms with Crippen LogP contribution in [0.5, 0.6) is 0 Å². The predicted molar refractivity (Wildman–Crippen MR) is 54.4 cm³/mol. The second-order valence-corrected chi connectivity index (χ2v) is 3.33. The fourth-order valence-electron chi connectivity index (χ4n) is 1.28. The van der Waals surface area contributed by atoms with Crippen LogP contribution in [0.25, 0.3) is 5.88 Å². The third-order valence-electron chi connectivity index (χ3n) is 2.08. The molecule has 0 amide bonds. The molecule has 0 bridgehead atoms. The summed E-state index contributed by atoms with van der Waals surface area (Å²) < 4.78 is 6.55. The van der Waals surface area contributed by atoms with Crippen molar-refractivity contribution in [1.82, 2.24) is 9.55 Å². The molecule has 0 saturated heterocycles. The maximum Gasteiger partial charge on any atom is 0.335 e. The maximum absolute atomic E-state index is 11.4. The molecule has 0 aliphatic carbocycles.